The first-order chi connectivity index (χ1) is 13.4. The summed E-state index contributed by atoms with van der Waals surface area (Å²) in [6, 6.07) is 7.11. The zero-order valence-electron chi connectivity index (χ0n) is 15.8. The molecular weight excluding hydrogens is 354 g/mol. The monoisotopic (exact) mass is 379 g/mol. The molecule has 0 saturated heterocycles. The smallest absolute Gasteiger partial charge is 0.258 e. The Kier molecular flexibility index (Phi) is 3.86. The van der Waals surface area contributed by atoms with E-state index in [9.17, 15) is 14.4 Å². The molecule has 4 fully saturated rings. The van der Waals surface area contributed by atoms with Crippen LogP contribution in [0.1, 0.15) is 38.5 Å². The van der Waals surface area contributed by atoms with Crippen LogP contribution in [0.25, 0.3) is 10.8 Å². The van der Waals surface area contributed by atoms with Crippen molar-refractivity contribution in [1.29, 1.82) is 0 Å². The molecule has 0 aliphatic heterocycles. The number of nitrogens with zero attached hydrogens (tertiary/aromatic N) is 1. The number of nitrogens with one attached hydrogen (secondary N) is 1. The third kappa shape index (κ3) is 2.74. The molecule has 6 heteroatoms. The maximum absolute atomic E-state index is 13.4. The molecule has 146 valence electrons. The van der Waals surface area contributed by atoms with Crippen molar-refractivity contribution in [3.8, 4) is 0 Å². The van der Waals surface area contributed by atoms with Gasteiger partial charge < -0.3 is 15.6 Å². The summed E-state index contributed by atoms with van der Waals surface area (Å²) in [4.78, 5) is 37.2. The van der Waals surface area contributed by atoms with E-state index in [4.69, 9.17) is 5.73 Å². The number of rotatable bonds is 4. The van der Waals surface area contributed by atoms with Gasteiger partial charge in [-0.2, -0.15) is 0 Å². The van der Waals surface area contributed by atoms with E-state index < -0.39 is 5.91 Å². The molecule has 3 N–H and O–H groups in total. The first-order valence-electron chi connectivity index (χ1n) is 10.2. The van der Waals surface area contributed by atoms with Crippen molar-refractivity contribution in [2.75, 3.05) is 5.32 Å². The summed E-state index contributed by atoms with van der Waals surface area (Å²) < 4.78 is 1.30. The zero-order chi connectivity index (χ0) is 19.5. The van der Waals surface area contributed by atoms with Crippen LogP contribution in [0.2, 0.25) is 0 Å². The maximum Gasteiger partial charge on any atom is 0.258 e. The molecule has 0 spiro atoms. The molecule has 0 atom stereocenters. The molecule has 4 bridgehead atoms. The fourth-order valence-electron chi connectivity index (χ4n) is 6.36. The number of carbonyl (C=O) groups is 2. The normalized spacial score (nSPS) is 30.5. The zero-order valence-corrected chi connectivity index (χ0v) is 15.8. The minimum Gasteiger partial charge on any atom is -0.368 e. The van der Waals surface area contributed by atoms with Crippen LogP contribution in [0.4, 0.5) is 5.69 Å². The molecule has 1 aromatic carbocycles. The van der Waals surface area contributed by atoms with Crippen LogP contribution in [0, 0.1) is 23.2 Å². The van der Waals surface area contributed by atoms with Crippen LogP contribution in [0.15, 0.2) is 35.3 Å². The van der Waals surface area contributed by atoms with E-state index in [1.54, 1.807) is 24.4 Å². The highest BCUT2D eigenvalue weighted by Crippen LogP contribution is 2.60. The molecule has 2 aromatic rings. The van der Waals surface area contributed by atoms with Crippen LogP contribution in [-0.4, -0.2) is 16.4 Å². The SMILES string of the molecule is NC(=O)Cn1ccc2c(NC(=O)C34CC5CC(CC(C5)C3)C4)cccc2c1=O. The Bertz CT molecular complexity index is 1000. The maximum atomic E-state index is 13.4. The number of benzene rings is 1. The Morgan fingerprint density at radius 3 is 2.29 bits per heavy atom. The molecule has 4 saturated carbocycles. The largest absolute Gasteiger partial charge is 0.368 e. The molecular formula is C22H25N3O3. The molecule has 0 radical (unpaired) electrons. The van der Waals surface area contributed by atoms with Crippen molar-refractivity contribution < 1.29 is 9.59 Å². The highest BCUT2D eigenvalue weighted by Gasteiger charge is 2.54. The van der Waals surface area contributed by atoms with Gasteiger partial charge >= 0.3 is 0 Å². The number of primary amides is 1. The molecule has 1 heterocycles. The van der Waals surface area contributed by atoms with Crippen molar-refractivity contribution >= 4 is 28.3 Å². The summed E-state index contributed by atoms with van der Waals surface area (Å²) in [5.74, 6) is 1.65. The second-order valence-corrected chi connectivity index (χ2v) is 9.13. The van der Waals surface area contributed by atoms with Gasteiger partial charge in [-0.15, -0.1) is 0 Å². The van der Waals surface area contributed by atoms with Crippen molar-refractivity contribution in [2.45, 2.75) is 45.1 Å². The third-order valence-corrected chi connectivity index (χ3v) is 7.11. The van der Waals surface area contributed by atoms with Crippen LogP contribution < -0.4 is 16.6 Å². The molecule has 6 rings (SSSR count). The van der Waals surface area contributed by atoms with Crippen LogP contribution >= 0.6 is 0 Å². The van der Waals surface area contributed by atoms with Crippen molar-refractivity contribution in [2.24, 2.45) is 28.9 Å². The summed E-state index contributed by atoms with van der Waals surface area (Å²) in [5, 5.41) is 4.33. The first-order valence-corrected chi connectivity index (χ1v) is 10.2. The second-order valence-electron chi connectivity index (χ2n) is 9.13. The number of aromatic nitrogens is 1. The van der Waals surface area contributed by atoms with E-state index in [-0.39, 0.29) is 23.4 Å². The van der Waals surface area contributed by atoms with Gasteiger partial charge in [0.15, 0.2) is 0 Å². The van der Waals surface area contributed by atoms with Gasteiger partial charge in [0.2, 0.25) is 11.8 Å². The van der Waals surface area contributed by atoms with Gasteiger partial charge in [0.25, 0.3) is 5.56 Å². The van der Waals surface area contributed by atoms with Crippen LogP contribution in [0.5, 0.6) is 0 Å². The lowest BCUT2D eigenvalue weighted by Gasteiger charge is -2.55. The Labute approximate surface area is 163 Å². The Balaban J connectivity index is 1.47. The van der Waals surface area contributed by atoms with Crippen LogP contribution in [-0.2, 0) is 16.1 Å². The van der Waals surface area contributed by atoms with E-state index in [2.05, 4.69) is 5.32 Å². The van der Waals surface area contributed by atoms with Crippen molar-refractivity contribution in [3.63, 3.8) is 0 Å². The van der Waals surface area contributed by atoms with E-state index in [0.717, 1.165) is 19.3 Å². The number of fused-ring (bicyclic) bond motifs is 1. The number of nitrogens with two attached hydrogens (primary N) is 1. The van der Waals surface area contributed by atoms with Gasteiger partial charge in [-0.1, -0.05) is 6.07 Å². The van der Waals surface area contributed by atoms with Gasteiger partial charge in [0, 0.05) is 22.7 Å². The topological polar surface area (TPSA) is 94.2 Å². The number of anilines is 1. The Morgan fingerprint density at radius 1 is 1.04 bits per heavy atom. The molecule has 0 unspecified atom stereocenters. The highest BCUT2D eigenvalue weighted by atomic mass is 16.2. The number of amides is 2. The molecule has 4 aliphatic carbocycles. The molecule has 6 nitrogen and oxygen atoms in total. The Hall–Kier alpha value is -2.63. The van der Waals surface area contributed by atoms with Gasteiger partial charge in [-0.25, -0.2) is 0 Å². The van der Waals surface area contributed by atoms with E-state index in [0.29, 0.717) is 34.2 Å². The lowest BCUT2D eigenvalue weighted by molar-refractivity contribution is -0.140. The summed E-state index contributed by atoms with van der Waals surface area (Å²) >= 11 is 0. The fraction of sp³-hybridized carbons (Fsp3) is 0.500. The number of pyridine rings is 1. The van der Waals surface area contributed by atoms with Crippen molar-refractivity contribution in [1.82, 2.24) is 4.57 Å². The minimum absolute atomic E-state index is 0.111. The average Bonchev–Trinajstić information content (AvgIpc) is 2.63. The average molecular weight is 379 g/mol. The first kappa shape index (κ1) is 17.5. The number of hydrogen-bond donors (Lipinski definition) is 2. The summed E-state index contributed by atoms with van der Waals surface area (Å²) in [5.41, 5.74) is 5.38. The lowest BCUT2D eigenvalue weighted by Crippen LogP contribution is -2.51. The minimum atomic E-state index is -0.562. The van der Waals surface area contributed by atoms with Gasteiger partial charge in [-0.3, -0.25) is 14.4 Å². The Morgan fingerprint density at radius 2 is 1.68 bits per heavy atom. The number of carbonyl (C=O) groups excluding carboxylic acids is 2. The van der Waals surface area contributed by atoms with Crippen molar-refractivity contribution in [3.05, 3.63) is 40.8 Å². The number of hydrogen-bond acceptors (Lipinski definition) is 3. The highest BCUT2D eigenvalue weighted by molar-refractivity contribution is 6.04. The summed E-state index contributed by atoms with van der Waals surface area (Å²) in [6.45, 7) is -0.154. The van der Waals surface area contributed by atoms with Gasteiger partial charge in [-0.05, 0) is 74.5 Å². The molecule has 1 aromatic heterocycles. The second kappa shape index (κ2) is 6.19. The van der Waals surface area contributed by atoms with Gasteiger partial charge in [0.05, 0.1) is 5.41 Å². The lowest BCUT2D eigenvalue weighted by atomic mass is 9.49. The van der Waals surface area contributed by atoms with E-state index >= 15 is 0 Å². The quantitative estimate of drug-likeness (QED) is 0.855. The predicted octanol–water partition coefficient (Wildman–Crippen LogP) is 2.64. The molecule has 2 amide bonds. The summed E-state index contributed by atoms with van der Waals surface area (Å²) in [7, 11) is 0. The predicted molar refractivity (Wildman–Crippen MR) is 107 cm³/mol. The van der Waals surface area contributed by atoms with Gasteiger partial charge in [0.1, 0.15) is 6.54 Å². The molecule has 28 heavy (non-hydrogen) atoms. The fourth-order valence-corrected chi connectivity index (χ4v) is 6.36. The van der Waals surface area contributed by atoms with E-state index in [1.807, 2.05) is 6.07 Å². The third-order valence-electron chi connectivity index (χ3n) is 7.11. The van der Waals surface area contributed by atoms with E-state index in [1.165, 1.54) is 23.8 Å². The summed E-state index contributed by atoms with van der Waals surface area (Å²) in [6.07, 6.45) is 8.44. The van der Waals surface area contributed by atoms with Crippen LogP contribution in [0.3, 0.4) is 0 Å². The standard InChI is InChI=1S/C22H25N3O3/c23-19(26)12-25-5-4-16-17(20(25)27)2-1-3-18(16)24-21(28)22-9-13-6-14(10-22)8-15(7-13)11-22/h1-5,13-15H,6-12H2,(H2,23,26)(H,24,28). The molecule has 4 aliphatic rings.